The fraction of sp³-hybridized carbons (Fsp3) is 0.600. The van der Waals surface area contributed by atoms with E-state index in [0.717, 1.165) is 44.7 Å². The first kappa shape index (κ1) is 21.2. The molecule has 7 nitrogen and oxygen atoms in total. The van der Waals surface area contributed by atoms with E-state index in [0.29, 0.717) is 17.8 Å². The normalized spacial score (nSPS) is 16.6. The highest BCUT2D eigenvalue weighted by molar-refractivity contribution is 5.97. The van der Waals surface area contributed by atoms with Gasteiger partial charge in [-0.1, -0.05) is 6.07 Å². The molecule has 0 aromatic heterocycles. The third-order valence-corrected chi connectivity index (χ3v) is 4.94. The Hall–Kier alpha value is -2.12. The standard InChI is InChI=1S/C20H33N5O2/c1-5-21-19(26)17-7-6-15(2)18(14-17)23-20(27)22-16(3)8-9-25-12-10-24(4)11-13-25/h6-7,14,16H,5,8-13H2,1-4H3,(H,21,26)(H2,22,23,27)/t16-/m1/s1. The summed E-state index contributed by atoms with van der Waals surface area (Å²) in [5, 5.41) is 8.63. The van der Waals surface area contributed by atoms with E-state index in [1.165, 1.54) is 0 Å². The maximum Gasteiger partial charge on any atom is 0.319 e. The molecule has 0 radical (unpaired) electrons. The Morgan fingerprint density at radius 3 is 2.56 bits per heavy atom. The van der Waals surface area contributed by atoms with Crippen LogP contribution in [0.3, 0.4) is 0 Å². The molecule has 1 aliphatic rings. The molecule has 1 atom stereocenters. The summed E-state index contributed by atoms with van der Waals surface area (Å²) in [6.45, 7) is 11.7. The Bertz CT molecular complexity index is 641. The Morgan fingerprint density at radius 2 is 1.89 bits per heavy atom. The summed E-state index contributed by atoms with van der Waals surface area (Å²) in [4.78, 5) is 29.1. The van der Waals surface area contributed by atoms with E-state index in [1.54, 1.807) is 12.1 Å². The minimum absolute atomic E-state index is 0.0801. The van der Waals surface area contributed by atoms with Crippen LogP contribution < -0.4 is 16.0 Å². The molecule has 2 rings (SSSR count). The van der Waals surface area contributed by atoms with Gasteiger partial charge in [0.1, 0.15) is 0 Å². The van der Waals surface area contributed by atoms with Crippen LogP contribution in [-0.4, -0.2) is 74.1 Å². The molecule has 0 saturated carbocycles. The summed E-state index contributed by atoms with van der Waals surface area (Å²) < 4.78 is 0. The molecule has 0 aliphatic carbocycles. The predicted molar refractivity (Wildman–Crippen MR) is 109 cm³/mol. The number of anilines is 1. The number of benzene rings is 1. The van der Waals surface area contributed by atoms with Crippen molar-refractivity contribution in [2.24, 2.45) is 0 Å². The summed E-state index contributed by atoms with van der Waals surface area (Å²) in [6.07, 6.45) is 0.912. The molecule has 1 aromatic carbocycles. The molecule has 1 heterocycles. The minimum Gasteiger partial charge on any atom is -0.352 e. The van der Waals surface area contributed by atoms with Crippen molar-refractivity contribution in [1.29, 1.82) is 0 Å². The van der Waals surface area contributed by atoms with Gasteiger partial charge < -0.3 is 25.8 Å². The van der Waals surface area contributed by atoms with Crippen molar-refractivity contribution in [3.8, 4) is 0 Å². The third kappa shape index (κ3) is 6.84. The van der Waals surface area contributed by atoms with Gasteiger partial charge in [0.25, 0.3) is 5.91 Å². The number of urea groups is 1. The number of amides is 3. The number of piperazine rings is 1. The molecule has 3 amide bonds. The quantitative estimate of drug-likeness (QED) is 0.680. The van der Waals surface area contributed by atoms with Crippen LogP contribution in [0.2, 0.25) is 0 Å². The van der Waals surface area contributed by atoms with Gasteiger partial charge in [0, 0.05) is 56.6 Å². The van der Waals surface area contributed by atoms with Gasteiger partial charge in [-0.3, -0.25) is 4.79 Å². The number of likely N-dealkylation sites (N-methyl/N-ethyl adjacent to an activating group) is 1. The summed E-state index contributed by atoms with van der Waals surface area (Å²) >= 11 is 0. The second-order valence-corrected chi connectivity index (χ2v) is 7.32. The average molecular weight is 376 g/mol. The Balaban J connectivity index is 1.82. The molecule has 27 heavy (non-hydrogen) atoms. The molecule has 1 aliphatic heterocycles. The minimum atomic E-state index is -0.239. The van der Waals surface area contributed by atoms with E-state index in [-0.39, 0.29) is 18.0 Å². The van der Waals surface area contributed by atoms with Crippen LogP contribution in [0.1, 0.15) is 36.2 Å². The van der Waals surface area contributed by atoms with Crippen molar-refractivity contribution < 1.29 is 9.59 Å². The lowest BCUT2D eigenvalue weighted by molar-refractivity contribution is 0.0956. The molecule has 0 unspecified atom stereocenters. The average Bonchev–Trinajstić information content (AvgIpc) is 2.63. The molecule has 1 saturated heterocycles. The second-order valence-electron chi connectivity index (χ2n) is 7.32. The number of hydrogen-bond donors (Lipinski definition) is 3. The van der Waals surface area contributed by atoms with Crippen molar-refractivity contribution in [2.45, 2.75) is 33.2 Å². The van der Waals surface area contributed by atoms with Gasteiger partial charge in [-0.15, -0.1) is 0 Å². The molecule has 1 fully saturated rings. The molecular formula is C20H33N5O2. The first-order valence-electron chi connectivity index (χ1n) is 9.76. The monoisotopic (exact) mass is 375 g/mol. The van der Waals surface area contributed by atoms with E-state index in [2.05, 4.69) is 32.8 Å². The van der Waals surface area contributed by atoms with Gasteiger partial charge in [-0.25, -0.2) is 4.79 Å². The van der Waals surface area contributed by atoms with Crippen LogP contribution in [0.5, 0.6) is 0 Å². The number of hydrogen-bond acceptors (Lipinski definition) is 4. The van der Waals surface area contributed by atoms with E-state index in [1.807, 2.05) is 26.8 Å². The fourth-order valence-corrected chi connectivity index (χ4v) is 3.06. The van der Waals surface area contributed by atoms with Crippen LogP contribution >= 0.6 is 0 Å². The van der Waals surface area contributed by atoms with E-state index >= 15 is 0 Å². The van der Waals surface area contributed by atoms with E-state index in [9.17, 15) is 9.59 Å². The van der Waals surface area contributed by atoms with Gasteiger partial charge in [0.2, 0.25) is 0 Å². The largest absolute Gasteiger partial charge is 0.352 e. The van der Waals surface area contributed by atoms with Gasteiger partial charge in [0.15, 0.2) is 0 Å². The van der Waals surface area contributed by atoms with Crippen LogP contribution in [0.4, 0.5) is 10.5 Å². The van der Waals surface area contributed by atoms with Crippen molar-refractivity contribution in [1.82, 2.24) is 20.4 Å². The van der Waals surface area contributed by atoms with Gasteiger partial charge in [0.05, 0.1) is 0 Å². The van der Waals surface area contributed by atoms with Crippen LogP contribution in [-0.2, 0) is 0 Å². The lowest BCUT2D eigenvalue weighted by Crippen LogP contribution is -2.46. The maximum absolute atomic E-state index is 12.3. The maximum atomic E-state index is 12.3. The first-order valence-corrected chi connectivity index (χ1v) is 9.76. The smallest absolute Gasteiger partial charge is 0.319 e. The van der Waals surface area contributed by atoms with Crippen LogP contribution in [0.25, 0.3) is 0 Å². The van der Waals surface area contributed by atoms with E-state index < -0.39 is 0 Å². The lowest BCUT2D eigenvalue weighted by Gasteiger charge is -2.32. The van der Waals surface area contributed by atoms with E-state index in [4.69, 9.17) is 0 Å². The molecule has 150 valence electrons. The molecule has 1 aromatic rings. The Kier molecular flexibility index (Phi) is 8.06. The lowest BCUT2D eigenvalue weighted by atomic mass is 10.1. The number of nitrogens with one attached hydrogen (secondary N) is 3. The van der Waals surface area contributed by atoms with Crippen LogP contribution in [0, 0.1) is 6.92 Å². The zero-order valence-corrected chi connectivity index (χ0v) is 17.0. The van der Waals surface area contributed by atoms with Crippen LogP contribution in [0.15, 0.2) is 18.2 Å². The summed E-state index contributed by atoms with van der Waals surface area (Å²) in [6, 6.07) is 5.17. The highest BCUT2D eigenvalue weighted by atomic mass is 16.2. The highest BCUT2D eigenvalue weighted by Gasteiger charge is 2.16. The number of nitrogens with zero attached hydrogens (tertiary/aromatic N) is 2. The zero-order valence-electron chi connectivity index (χ0n) is 17.0. The van der Waals surface area contributed by atoms with Crippen molar-refractivity contribution >= 4 is 17.6 Å². The Morgan fingerprint density at radius 1 is 1.19 bits per heavy atom. The number of carbonyl (C=O) groups excluding carboxylic acids is 2. The third-order valence-electron chi connectivity index (χ3n) is 4.94. The first-order chi connectivity index (χ1) is 12.9. The Labute approximate surface area is 162 Å². The summed E-state index contributed by atoms with van der Waals surface area (Å²) in [5.74, 6) is -0.137. The highest BCUT2D eigenvalue weighted by Crippen LogP contribution is 2.17. The number of aryl methyl sites for hydroxylation is 1. The molecule has 0 bridgehead atoms. The predicted octanol–water partition coefficient (Wildman–Crippen LogP) is 1.89. The van der Waals surface area contributed by atoms with Gasteiger partial charge >= 0.3 is 6.03 Å². The summed E-state index contributed by atoms with van der Waals surface area (Å²) in [5.41, 5.74) is 2.12. The number of rotatable bonds is 7. The van der Waals surface area contributed by atoms with Crippen molar-refractivity contribution in [3.63, 3.8) is 0 Å². The van der Waals surface area contributed by atoms with Crippen molar-refractivity contribution in [3.05, 3.63) is 29.3 Å². The second kappa shape index (κ2) is 10.3. The molecule has 0 spiro atoms. The number of carbonyl (C=O) groups is 2. The topological polar surface area (TPSA) is 76.7 Å². The molecule has 7 heteroatoms. The van der Waals surface area contributed by atoms with Gasteiger partial charge in [-0.2, -0.15) is 0 Å². The van der Waals surface area contributed by atoms with Gasteiger partial charge in [-0.05, 0) is 51.9 Å². The SMILES string of the molecule is CCNC(=O)c1ccc(C)c(NC(=O)N[C@H](C)CCN2CCN(C)CC2)c1. The molecule has 3 N–H and O–H groups in total. The zero-order chi connectivity index (χ0) is 19.8. The molecular weight excluding hydrogens is 342 g/mol. The fourth-order valence-electron chi connectivity index (χ4n) is 3.06. The van der Waals surface area contributed by atoms with Crippen molar-refractivity contribution in [2.75, 3.05) is 51.6 Å². The summed E-state index contributed by atoms with van der Waals surface area (Å²) in [7, 11) is 2.15.